The number of nitrogens with zero attached hydrogens (tertiary/aromatic N) is 4. The maximum atomic E-state index is 11.7. The van der Waals surface area contributed by atoms with Crippen LogP contribution in [-0.4, -0.2) is 25.9 Å². The molecule has 0 aromatic carbocycles. The Morgan fingerprint density at radius 3 is 3.05 bits per heavy atom. The number of aromatic nitrogens is 4. The Hall–Kier alpha value is -2.24. The second-order valence-corrected chi connectivity index (χ2v) is 4.71. The lowest BCUT2D eigenvalue weighted by Gasteiger charge is -2.23. The molecule has 6 heteroatoms. The summed E-state index contributed by atoms with van der Waals surface area (Å²) in [6.07, 6.45) is 8.40. The Bertz CT molecular complexity index is 561. The van der Waals surface area contributed by atoms with Crippen LogP contribution in [0.15, 0.2) is 30.7 Å². The highest BCUT2D eigenvalue weighted by Gasteiger charge is 2.24. The minimum absolute atomic E-state index is 0.127. The quantitative estimate of drug-likeness (QED) is 0.889. The molecule has 19 heavy (non-hydrogen) atoms. The Labute approximate surface area is 110 Å². The van der Waals surface area contributed by atoms with E-state index in [0.29, 0.717) is 6.54 Å². The molecule has 1 aliphatic rings. The van der Waals surface area contributed by atoms with Gasteiger partial charge in [0.15, 0.2) is 0 Å². The zero-order chi connectivity index (χ0) is 13.1. The van der Waals surface area contributed by atoms with Crippen molar-refractivity contribution in [3.05, 3.63) is 36.4 Å². The third kappa shape index (κ3) is 2.62. The third-order valence-electron chi connectivity index (χ3n) is 3.37. The van der Waals surface area contributed by atoms with Gasteiger partial charge in [-0.05, 0) is 25.0 Å². The fourth-order valence-electron chi connectivity index (χ4n) is 1.99. The first kappa shape index (κ1) is 11.8. The molecule has 2 heterocycles. The maximum absolute atomic E-state index is 11.7. The Kier molecular flexibility index (Phi) is 3.22. The first-order valence-corrected chi connectivity index (χ1v) is 6.42. The third-order valence-corrected chi connectivity index (χ3v) is 3.37. The SMILES string of the molecule is O=C(NCc1cn(-c2cccnc2)nn1)C1CCC1. The van der Waals surface area contributed by atoms with Crippen molar-refractivity contribution in [2.75, 3.05) is 0 Å². The monoisotopic (exact) mass is 257 g/mol. The Morgan fingerprint density at radius 2 is 2.37 bits per heavy atom. The molecular formula is C13H15N5O. The van der Waals surface area contributed by atoms with Crippen LogP contribution in [0.5, 0.6) is 0 Å². The minimum atomic E-state index is 0.127. The number of carbonyl (C=O) groups is 1. The lowest BCUT2D eigenvalue weighted by atomic mass is 9.85. The summed E-state index contributed by atoms with van der Waals surface area (Å²) in [5.41, 5.74) is 1.60. The van der Waals surface area contributed by atoms with E-state index in [4.69, 9.17) is 0 Å². The molecule has 0 radical (unpaired) electrons. The van der Waals surface area contributed by atoms with Gasteiger partial charge in [-0.1, -0.05) is 11.6 Å². The predicted molar refractivity (Wildman–Crippen MR) is 68.3 cm³/mol. The van der Waals surface area contributed by atoms with Crippen LogP contribution in [0, 0.1) is 5.92 Å². The summed E-state index contributed by atoms with van der Waals surface area (Å²) >= 11 is 0. The summed E-state index contributed by atoms with van der Waals surface area (Å²) in [5.74, 6) is 0.329. The van der Waals surface area contributed by atoms with Crippen LogP contribution in [0.4, 0.5) is 0 Å². The maximum Gasteiger partial charge on any atom is 0.223 e. The number of hydrogen-bond acceptors (Lipinski definition) is 4. The zero-order valence-corrected chi connectivity index (χ0v) is 10.5. The van der Waals surface area contributed by atoms with E-state index in [-0.39, 0.29) is 11.8 Å². The number of carbonyl (C=O) groups excluding carboxylic acids is 1. The van der Waals surface area contributed by atoms with Gasteiger partial charge < -0.3 is 5.32 Å². The van der Waals surface area contributed by atoms with Crippen LogP contribution >= 0.6 is 0 Å². The minimum Gasteiger partial charge on any atom is -0.350 e. The van der Waals surface area contributed by atoms with Crippen molar-refractivity contribution in [3.8, 4) is 5.69 Å². The van der Waals surface area contributed by atoms with E-state index in [9.17, 15) is 4.79 Å². The van der Waals surface area contributed by atoms with E-state index in [0.717, 1.165) is 30.6 Å². The van der Waals surface area contributed by atoms with Crippen molar-refractivity contribution in [1.29, 1.82) is 0 Å². The van der Waals surface area contributed by atoms with Gasteiger partial charge in [0, 0.05) is 12.1 Å². The topological polar surface area (TPSA) is 72.7 Å². The van der Waals surface area contributed by atoms with Gasteiger partial charge in [-0.3, -0.25) is 9.78 Å². The molecule has 1 aliphatic carbocycles. The van der Waals surface area contributed by atoms with Gasteiger partial charge >= 0.3 is 0 Å². The van der Waals surface area contributed by atoms with E-state index in [1.807, 2.05) is 12.1 Å². The fraction of sp³-hybridized carbons (Fsp3) is 0.385. The van der Waals surface area contributed by atoms with Crippen LogP contribution in [0.1, 0.15) is 25.0 Å². The van der Waals surface area contributed by atoms with Gasteiger partial charge in [0.05, 0.1) is 24.6 Å². The number of amides is 1. The van der Waals surface area contributed by atoms with Gasteiger partial charge in [0.1, 0.15) is 5.69 Å². The van der Waals surface area contributed by atoms with Crippen LogP contribution < -0.4 is 5.32 Å². The van der Waals surface area contributed by atoms with E-state index in [1.54, 1.807) is 23.3 Å². The van der Waals surface area contributed by atoms with Crippen molar-refractivity contribution in [3.63, 3.8) is 0 Å². The number of rotatable bonds is 4. The molecule has 1 N–H and O–H groups in total. The fourth-order valence-corrected chi connectivity index (χ4v) is 1.99. The molecule has 1 fully saturated rings. The molecule has 1 amide bonds. The molecule has 1 saturated carbocycles. The Balaban J connectivity index is 1.60. The van der Waals surface area contributed by atoms with Crippen LogP contribution in [-0.2, 0) is 11.3 Å². The first-order valence-electron chi connectivity index (χ1n) is 6.42. The number of nitrogens with one attached hydrogen (secondary N) is 1. The predicted octanol–water partition coefficient (Wildman–Crippen LogP) is 1.08. The highest BCUT2D eigenvalue weighted by Crippen LogP contribution is 2.26. The molecule has 2 aromatic heterocycles. The summed E-state index contributed by atoms with van der Waals surface area (Å²) in [5, 5.41) is 11.0. The van der Waals surface area contributed by atoms with Crippen molar-refractivity contribution < 1.29 is 4.79 Å². The molecular weight excluding hydrogens is 242 g/mol. The van der Waals surface area contributed by atoms with Gasteiger partial charge in [-0.15, -0.1) is 5.10 Å². The van der Waals surface area contributed by atoms with E-state index < -0.39 is 0 Å². The molecule has 2 aromatic rings. The average molecular weight is 257 g/mol. The lowest BCUT2D eigenvalue weighted by Crippen LogP contribution is -2.34. The second kappa shape index (κ2) is 5.17. The van der Waals surface area contributed by atoms with E-state index >= 15 is 0 Å². The molecule has 6 nitrogen and oxygen atoms in total. The molecule has 3 rings (SSSR count). The zero-order valence-electron chi connectivity index (χ0n) is 10.5. The van der Waals surface area contributed by atoms with Gasteiger partial charge in [0.25, 0.3) is 0 Å². The standard InChI is InChI=1S/C13H15N5O/c19-13(10-3-1-4-10)15-7-11-9-18(17-16-11)12-5-2-6-14-8-12/h2,5-6,8-10H,1,3-4,7H2,(H,15,19). The molecule has 0 spiro atoms. The van der Waals surface area contributed by atoms with Crippen LogP contribution in [0.25, 0.3) is 5.69 Å². The van der Waals surface area contributed by atoms with E-state index in [1.165, 1.54) is 0 Å². The average Bonchev–Trinajstić information content (AvgIpc) is 2.84. The highest BCUT2D eigenvalue weighted by atomic mass is 16.1. The normalized spacial score (nSPS) is 14.9. The Morgan fingerprint density at radius 1 is 1.47 bits per heavy atom. The summed E-state index contributed by atoms with van der Waals surface area (Å²) in [7, 11) is 0. The van der Waals surface area contributed by atoms with Crippen molar-refractivity contribution >= 4 is 5.91 Å². The number of pyridine rings is 1. The largest absolute Gasteiger partial charge is 0.350 e. The smallest absolute Gasteiger partial charge is 0.223 e. The molecule has 0 aliphatic heterocycles. The van der Waals surface area contributed by atoms with Crippen molar-refractivity contribution in [2.24, 2.45) is 5.92 Å². The second-order valence-electron chi connectivity index (χ2n) is 4.71. The van der Waals surface area contributed by atoms with Crippen molar-refractivity contribution in [2.45, 2.75) is 25.8 Å². The van der Waals surface area contributed by atoms with Crippen molar-refractivity contribution in [1.82, 2.24) is 25.3 Å². The highest BCUT2D eigenvalue weighted by molar-refractivity contribution is 5.79. The van der Waals surface area contributed by atoms with E-state index in [2.05, 4.69) is 20.6 Å². The van der Waals surface area contributed by atoms with Gasteiger partial charge in [-0.2, -0.15) is 0 Å². The molecule has 0 atom stereocenters. The summed E-state index contributed by atoms with van der Waals surface area (Å²) < 4.78 is 1.65. The van der Waals surface area contributed by atoms with Gasteiger partial charge in [0.2, 0.25) is 5.91 Å². The molecule has 0 unspecified atom stereocenters. The van der Waals surface area contributed by atoms with Gasteiger partial charge in [-0.25, -0.2) is 4.68 Å². The lowest BCUT2D eigenvalue weighted by molar-refractivity contribution is -0.127. The van der Waals surface area contributed by atoms with Crippen LogP contribution in [0.3, 0.4) is 0 Å². The van der Waals surface area contributed by atoms with Crippen LogP contribution in [0.2, 0.25) is 0 Å². The molecule has 98 valence electrons. The summed E-state index contributed by atoms with van der Waals surface area (Å²) in [6.45, 7) is 0.426. The molecule has 0 saturated heterocycles. The summed E-state index contributed by atoms with van der Waals surface area (Å²) in [6, 6.07) is 3.74. The molecule has 0 bridgehead atoms. The number of hydrogen-bond donors (Lipinski definition) is 1. The first-order chi connectivity index (χ1) is 9.33. The summed E-state index contributed by atoms with van der Waals surface area (Å²) in [4.78, 5) is 15.7.